The SMILES string of the molecule is CC(=O)Nc1ccc(N/C=C2\C(=O)Nc3ccccc32)cc1. The highest BCUT2D eigenvalue weighted by atomic mass is 16.2. The predicted octanol–water partition coefficient (Wildman–Crippen LogP) is 3.05. The lowest BCUT2D eigenvalue weighted by Crippen LogP contribution is -2.06. The van der Waals surface area contributed by atoms with Crippen LogP contribution in [0.3, 0.4) is 0 Å². The van der Waals surface area contributed by atoms with Crippen molar-refractivity contribution in [2.45, 2.75) is 6.92 Å². The van der Waals surface area contributed by atoms with Gasteiger partial charge < -0.3 is 16.0 Å². The third-order valence-electron chi connectivity index (χ3n) is 3.30. The summed E-state index contributed by atoms with van der Waals surface area (Å²) in [6, 6.07) is 14.8. The van der Waals surface area contributed by atoms with Crippen LogP contribution >= 0.6 is 0 Å². The monoisotopic (exact) mass is 293 g/mol. The van der Waals surface area contributed by atoms with Crippen molar-refractivity contribution < 1.29 is 9.59 Å². The molecule has 2 aromatic carbocycles. The second kappa shape index (κ2) is 5.73. The average Bonchev–Trinajstić information content (AvgIpc) is 2.81. The first-order valence-electron chi connectivity index (χ1n) is 6.88. The van der Waals surface area contributed by atoms with Crippen molar-refractivity contribution in [2.24, 2.45) is 0 Å². The molecule has 0 aromatic heterocycles. The number of rotatable bonds is 3. The summed E-state index contributed by atoms with van der Waals surface area (Å²) in [5, 5.41) is 8.63. The number of carbonyl (C=O) groups excluding carboxylic acids is 2. The van der Waals surface area contributed by atoms with E-state index >= 15 is 0 Å². The lowest BCUT2D eigenvalue weighted by Gasteiger charge is -2.05. The highest BCUT2D eigenvalue weighted by molar-refractivity contribution is 6.31. The van der Waals surface area contributed by atoms with Gasteiger partial charge in [0.2, 0.25) is 5.91 Å². The molecular formula is C17H15N3O2. The molecule has 2 amide bonds. The van der Waals surface area contributed by atoms with Crippen LogP contribution in [0.1, 0.15) is 12.5 Å². The lowest BCUT2D eigenvalue weighted by molar-refractivity contribution is -0.114. The number of carbonyl (C=O) groups is 2. The zero-order valence-electron chi connectivity index (χ0n) is 12.0. The third kappa shape index (κ3) is 2.83. The molecule has 0 saturated carbocycles. The van der Waals surface area contributed by atoms with Crippen LogP contribution in [0.25, 0.3) is 5.57 Å². The van der Waals surface area contributed by atoms with Crippen molar-refractivity contribution in [1.29, 1.82) is 0 Å². The summed E-state index contributed by atoms with van der Waals surface area (Å²) in [6.07, 6.45) is 1.69. The molecule has 2 aromatic rings. The topological polar surface area (TPSA) is 70.2 Å². The van der Waals surface area contributed by atoms with Gasteiger partial charge in [-0.25, -0.2) is 0 Å². The Balaban J connectivity index is 1.77. The molecule has 1 aliphatic heterocycles. The fraction of sp³-hybridized carbons (Fsp3) is 0.0588. The van der Waals surface area contributed by atoms with E-state index in [1.807, 2.05) is 36.4 Å². The van der Waals surface area contributed by atoms with Crippen molar-refractivity contribution in [3.63, 3.8) is 0 Å². The first-order chi connectivity index (χ1) is 10.6. The number of anilines is 3. The van der Waals surface area contributed by atoms with E-state index in [0.717, 1.165) is 22.6 Å². The molecule has 1 aliphatic rings. The predicted molar refractivity (Wildman–Crippen MR) is 87.4 cm³/mol. The fourth-order valence-corrected chi connectivity index (χ4v) is 2.29. The molecule has 3 N–H and O–H groups in total. The first-order valence-corrected chi connectivity index (χ1v) is 6.88. The summed E-state index contributed by atoms with van der Waals surface area (Å²) in [4.78, 5) is 22.9. The quantitative estimate of drug-likeness (QED) is 0.762. The van der Waals surface area contributed by atoms with Gasteiger partial charge in [-0.05, 0) is 30.3 Å². The Kier molecular flexibility index (Phi) is 3.62. The second-order valence-corrected chi connectivity index (χ2v) is 4.96. The minimum atomic E-state index is -0.122. The zero-order chi connectivity index (χ0) is 15.5. The van der Waals surface area contributed by atoms with Gasteiger partial charge in [0, 0.05) is 35.7 Å². The molecular weight excluding hydrogens is 278 g/mol. The average molecular weight is 293 g/mol. The van der Waals surface area contributed by atoms with Gasteiger partial charge in [-0.15, -0.1) is 0 Å². The van der Waals surface area contributed by atoms with Crippen LogP contribution in [-0.4, -0.2) is 11.8 Å². The Hall–Kier alpha value is -3.08. The second-order valence-electron chi connectivity index (χ2n) is 4.96. The Bertz CT molecular complexity index is 764. The van der Waals surface area contributed by atoms with Crippen LogP contribution < -0.4 is 16.0 Å². The number of amides is 2. The van der Waals surface area contributed by atoms with E-state index in [-0.39, 0.29) is 11.8 Å². The van der Waals surface area contributed by atoms with Gasteiger partial charge >= 0.3 is 0 Å². The zero-order valence-corrected chi connectivity index (χ0v) is 12.0. The maximum absolute atomic E-state index is 12.0. The smallest absolute Gasteiger partial charge is 0.257 e. The number of para-hydroxylation sites is 1. The van der Waals surface area contributed by atoms with Gasteiger partial charge in [-0.2, -0.15) is 0 Å². The van der Waals surface area contributed by atoms with Gasteiger partial charge in [0.1, 0.15) is 0 Å². The molecule has 0 aliphatic carbocycles. The van der Waals surface area contributed by atoms with Crippen molar-refractivity contribution in [1.82, 2.24) is 0 Å². The molecule has 1 heterocycles. The van der Waals surface area contributed by atoms with Gasteiger partial charge in [0.25, 0.3) is 5.91 Å². The van der Waals surface area contributed by atoms with E-state index < -0.39 is 0 Å². The molecule has 22 heavy (non-hydrogen) atoms. The van der Waals surface area contributed by atoms with Crippen LogP contribution in [0, 0.1) is 0 Å². The third-order valence-corrected chi connectivity index (χ3v) is 3.30. The number of nitrogens with one attached hydrogen (secondary N) is 3. The van der Waals surface area contributed by atoms with Gasteiger partial charge in [-0.1, -0.05) is 18.2 Å². The van der Waals surface area contributed by atoms with Crippen LogP contribution in [0.2, 0.25) is 0 Å². The molecule has 3 rings (SSSR count). The molecule has 0 radical (unpaired) electrons. The normalized spacial score (nSPS) is 14.4. The van der Waals surface area contributed by atoms with Crippen molar-refractivity contribution in [3.05, 3.63) is 60.3 Å². The molecule has 0 unspecified atom stereocenters. The van der Waals surface area contributed by atoms with Gasteiger partial charge in [0.15, 0.2) is 0 Å². The Morgan fingerprint density at radius 1 is 1.05 bits per heavy atom. The summed E-state index contributed by atoms with van der Waals surface area (Å²) < 4.78 is 0. The molecule has 5 heteroatoms. The van der Waals surface area contributed by atoms with Crippen molar-refractivity contribution in [2.75, 3.05) is 16.0 Å². The van der Waals surface area contributed by atoms with E-state index in [2.05, 4.69) is 16.0 Å². The Labute approximate surface area is 128 Å². The van der Waals surface area contributed by atoms with E-state index in [0.29, 0.717) is 5.57 Å². The van der Waals surface area contributed by atoms with E-state index in [1.54, 1.807) is 18.3 Å². The van der Waals surface area contributed by atoms with E-state index in [9.17, 15) is 9.59 Å². The molecule has 110 valence electrons. The van der Waals surface area contributed by atoms with Crippen LogP contribution in [0.5, 0.6) is 0 Å². The molecule has 0 spiro atoms. The van der Waals surface area contributed by atoms with Crippen LogP contribution in [0.4, 0.5) is 17.1 Å². The number of fused-ring (bicyclic) bond motifs is 1. The minimum absolute atomic E-state index is 0.109. The van der Waals surface area contributed by atoms with Crippen LogP contribution in [-0.2, 0) is 9.59 Å². The summed E-state index contributed by atoms with van der Waals surface area (Å²) >= 11 is 0. The Morgan fingerprint density at radius 3 is 2.45 bits per heavy atom. The number of hydrogen-bond acceptors (Lipinski definition) is 3. The fourth-order valence-electron chi connectivity index (χ4n) is 2.29. The minimum Gasteiger partial charge on any atom is -0.361 e. The molecule has 5 nitrogen and oxygen atoms in total. The molecule has 0 saturated heterocycles. The van der Waals surface area contributed by atoms with Crippen LogP contribution in [0.15, 0.2) is 54.7 Å². The van der Waals surface area contributed by atoms with Gasteiger partial charge in [0.05, 0.1) is 5.57 Å². The summed E-state index contributed by atoms with van der Waals surface area (Å²) in [6.45, 7) is 1.47. The van der Waals surface area contributed by atoms with E-state index in [1.165, 1.54) is 6.92 Å². The lowest BCUT2D eigenvalue weighted by atomic mass is 10.1. The number of benzene rings is 2. The first kappa shape index (κ1) is 13.9. The summed E-state index contributed by atoms with van der Waals surface area (Å²) in [5.41, 5.74) is 3.87. The number of hydrogen-bond donors (Lipinski definition) is 3. The molecule has 0 fully saturated rings. The Morgan fingerprint density at radius 2 is 1.73 bits per heavy atom. The highest BCUT2D eigenvalue weighted by Crippen LogP contribution is 2.31. The largest absolute Gasteiger partial charge is 0.361 e. The maximum Gasteiger partial charge on any atom is 0.257 e. The summed E-state index contributed by atoms with van der Waals surface area (Å²) in [5.74, 6) is -0.231. The standard InChI is InChI=1S/C17H15N3O2/c1-11(21)19-13-8-6-12(7-9-13)18-10-15-14-4-2-3-5-16(14)20-17(15)22/h2-10,18H,1H3,(H,19,21)(H,20,22)/b15-10-. The molecule has 0 bridgehead atoms. The molecule has 0 atom stereocenters. The van der Waals surface area contributed by atoms with Crippen molar-refractivity contribution >= 4 is 34.4 Å². The highest BCUT2D eigenvalue weighted by Gasteiger charge is 2.23. The summed E-state index contributed by atoms with van der Waals surface area (Å²) in [7, 11) is 0. The maximum atomic E-state index is 12.0. The van der Waals surface area contributed by atoms with Crippen molar-refractivity contribution in [3.8, 4) is 0 Å². The van der Waals surface area contributed by atoms with Gasteiger partial charge in [-0.3, -0.25) is 9.59 Å². The van der Waals surface area contributed by atoms with E-state index in [4.69, 9.17) is 0 Å².